The maximum Gasteiger partial charge on any atom is 0.266 e. The SMILES string of the molecule is CC(Oc1ccccc1F)C(=O)Nc1nonc1-c1cccs1. The Balaban J connectivity index is 1.70. The molecule has 0 saturated carbocycles. The van der Waals surface area contributed by atoms with Gasteiger partial charge < -0.3 is 10.1 Å². The summed E-state index contributed by atoms with van der Waals surface area (Å²) < 4.78 is 23.5. The van der Waals surface area contributed by atoms with E-state index in [1.165, 1.54) is 30.4 Å². The van der Waals surface area contributed by atoms with E-state index in [0.29, 0.717) is 5.69 Å². The molecule has 0 saturated heterocycles. The number of nitrogens with zero attached hydrogens (tertiary/aromatic N) is 2. The van der Waals surface area contributed by atoms with E-state index in [1.54, 1.807) is 12.1 Å². The lowest BCUT2D eigenvalue weighted by molar-refractivity contribution is -0.122. The van der Waals surface area contributed by atoms with E-state index >= 15 is 0 Å². The molecule has 3 aromatic rings. The Hall–Kier alpha value is -2.74. The van der Waals surface area contributed by atoms with Gasteiger partial charge in [-0.15, -0.1) is 11.3 Å². The number of hydrogen-bond acceptors (Lipinski definition) is 6. The van der Waals surface area contributed by atoms with Crippen molar-refractivity contribution in [2.75, 3.05) is 5.32 Å². The number of para-hydroxylation sites is 1. The standard InChI is InChI=1S/C15H12FN3O3S/c1-9(21-11-6-3-2-5-10(11)16)15(20)17-14-13(18-22-19-14)12-7-4-8-23-12/h2-9H,1H3,(H,17,19,20). The fourth-order valence-electron chi connectivity index (χ4n) is 1.85. The molecule has 2 aromatic heterocycles. The predicted molar refractivity (Wildman–Crippen MR) is 82.7 cm³/mol. The third kappa shape index (κ3) is 3.37. The molecule has 118 valence electrons. The normalized spacial score (nSPS) is 11.9. The number of anilines is 1. The Morgan fingerprint density at radius 1 is 1.30 bits per heavy atom. The second kappa shape index (κ2) is 6.57. The van der Waals surface area contributed by atoms with Crippen molar-refractivity contribution in [2.24, 2.45) is 0 Å². The van der Waals surface area contributed by atoms with Crippen LogP contribution in [-0.2, 0) is 4.79 Å². The van der Waals surface area contributed by atoms with E-state index in [1.807, 2.05) is 17.5 Å². The minimum Gasteiger partial charge on any atom is -0.478 e. The smallest absolute Gasteiger partial charge is 0.266 e. The first-order valence-electron chi connectivity index (χ1n) is 6.73. The monoisotopic (exact) mass is 333 g/mol. The van der Waals surface area contributed by atoms with Crippen LogP contribution in [0.4, 0.5) is 10.2 Å². The summed E-state index contributed by atoms with van der Waals surface area (Å²) in [5, 5.41) is 11.9. The Morgan fingerprint density at radius 3 is 2.87 bits per heavy atom. The molecule has 1 N–H and O–H groups in total. The molecule has 0 aliphatic rings. The Morgan fingerprint density at radius 2 is 2.13 bits per heavy atom. The van der Waals surface area contributed by atoms with Crippen LogP contribution in [0, 0.1) is 5.82 Å². The fraction of sp³-hybridized carbons (Fsp3) is 0.133. The van der Waals surface area contributed by atoms with Crippen molar-refractivity contribution >= 4 is 23.1 Å². The average molecular weight is 333 g/mol. The Kier molecular flexibility index (Phi) is 4.33. The van der Waals surface area contributed by atoms with Crippen molar-refractivity contribution in [2.45, 2.75) is 13.0 Å². The number of ether oxygens (including phenoxy) is 1. The molecular formula is C15H12FN3O3S. The van der Waals surface area contributed by atoms with Gasteiger partial charge in [0.1, 0.15) is 0 Å². The summed E-state index contributed by atoms with van der Waals surface area (Å²) in [4.78, 5) is 13.0. The highest BCUT2D eigenvalue weighted by atomic mass is 32.1. The quantitative estimate of drug-likeness (QED) is 0.775. The molecule has 0 aliphatic heterocycles. The number of thiophene rings is 1. The highest BCUT2D eigenvalue weighted by molar-refractivity contribution is 7.13. The summed E-state index contributed by atoms with van der Waals surface area (Å²) in [6, 6.07) is 9.56. The lowest BCUT2D eigenvalue weighted by Crippen LogP contribution is -2.30. The summed E-state index contributed by atoms with van der Waals surface area (Å²) >= 11 is 1.44. The molecular weight excluding hydrogens is 321 g/mol. The van der Waals surface area contributed by atoms with E-state index in [4.69, 9.17) is 4.74 Å². The number of amides is 1. The highest BCUT2D eigenvalue weighted by Crippen LogP contribution is 2.28. The lowest BCUT2D eigenvalue weighted by Gasteiger charge is -2.14. The molecule has 23 heavy (non-hydrogen) atoms. The predicted octanol–water partition coefficient (Wildman–Crippen LogP) is 3.34. The van der Waals surface area contributed by atoms with Gasteiger partial charge in [-0.1, -0.05) is 18.2 Å². The number of hydrogen-bond donors (Lipinski definition) is 1. The number of carbonyl (C=O) groups excluding carboxylic acids is 1. The van der Waals surface area contributed by atoms with Crippen LogP contribution >= 0.6 is 11.3 Å². The van der Waals surface area contributed by atoms with Crippen LogP contribution in [0.2, 0.25) is 0 Å². The van der Waals surface area contributed by atoms with Crippen LogP contribution in [0.3, 0.4) is 0 Å². The van der Waals surface area contributed by atoms with Crippen LogP contribution < -0.4 is 10.1 Å². The number of carbonyl (C=O) groups is 1. The summed E-state index contributed by atoms with van der Waals surface area (Å²) in [5.41, 5.74) is 0.437. The molecule has 0 spiro atoms. The summed E-state index contributed by atoms with van der Waals surface area (Å²) in [7, 11) is 0. The first-order valence-corrected chi connectivity index (χ1v) is 7.61. The number of rotatable bonds is 5. The van der Waals surface area contributed by atoms with Gasteiger partial charge in [-0.2, -0.15) is 0 Å². The zero-order valence-corrected chi connectivity index (χ0v) is 12.8. The van der Waals surface area contributed by atoms with Crippen molar-refractivity contribution in [3.05, 3.63) is 47.6 Å². The molecule has 1 amide bonds. The van der Waals surface area contributed by atoms with E-state index in [-0.39, 0.29) is 11.6 Å². The van der Waals surface area contributed by atoms with Gasteiger partial charge in [0.2, 0.25) is 5.82 Å². The van der Waals surface area contributed by atoms with Gasteiger partial charge in [-0.3, -0.25) is 4.79 Å². The molecule has 0 aliphatic carbocycles. The average Bonchev–Trinajstić information content (AvgIpc) is 3.20. The Bertz CT molecular complexity index is 804. The number of benzene rings is 1. The van der Waals surface area contributed by atoms with Gasteiger partial charge >= 0.3 is 0 Å². The first kappa shape index (κ1) is 15.2. The van der Waals surface area contributed by atoms with Crippen LogP contribution in [-0.4, -0.2) is 22.3 Å². The third-order valence-corrected chi connectivity index (χ3v) is 3.87. The second-order valence-corrected chi connectivity index (χ2v) is 5.57. The number of aromatic nitrogens is 2. The minimum absolute atomic E-state index is 0.00640. The van der Waals surface area contributed by atoms with E-state index in [9.17, 15) is 9.18 Å². The topological polar surface area (TPSA) is 77.2 Å². The van der Waals surface area contributed by atoms with Crippen molar-refractivity contribution in [3.63, 3.8) is 0 Å². The van der Waals surface area contributed by atoms with Crippen molar-refractivity contribution < 1.29 is 18.6 Å². The molecule has 8 heteroatoms. The van der Waals surface area contributed by atoms with E-state index in [0.717, 1.165) is 4.88 Å². The number of halogens is 1. The van der Waals surface area contributed by atoms with Crippen LogP contribution in [0.5, 0.6) is 5.75 Å². The van der Waals surface area contributed by atoms with Gasteiger partial charge in [0.05, 0.1) is 4.88 Å². The number of nitrogens with one attached hydrogen (secondary N) is 1. The van der Waals surface area contributed by atoms with Crippen LogP contribution in [0.25, 0.3) is 10.6 Å². The minimum atomic E-state index is -0.917. The second-order valence-electron chi connectivity index (χ2n) is 4.62. The molecule has 0 fully saturated rings. The van der Waals surface area contributed by atoms with Crippen LogP contribution in [0.15, 0.2) is 46.4 Å². The van der Waals surface area contributed by atoms with E-state index < -0.39 is 17.8 Å². The fourth-order valence-corrected chi connectivity index (χ4v) is 2.55. The largest absolute Gasteiger partial charge is 0.478 e. The van der Waals surface area contributed by atoms with Gasteiger partial charge in [0, 0.05) is 0 Å². The summed E-state index contributed by atoms with van der Waals surface area (Å²) in [5.74, 6) is -0.815. The van der Waals surface area contributed by atoms with Gasteiger partial charge in [-0.05, 0) is 40.8 Å². The lowest BCUT2D eigenvalue weighted by atomic mass is 10.3. The van der Waals surface area contributed by atoms with Crippen LogP contribution in [0.1, 0.15) is 6.92 Å². The van der Waals surface area contributed by atoms with Gasteiger partial charge in [0.25, 0.3) is 5.91 Å². The van der Waals surface area contributed by atoms with E-state index in [2.05, 4.69) is 20.3 Å². The third-order valence-electron chi connectivity index (χ3n) is 2.99. The van der Waals surface area contributed by atoms with Gasteiger partial charge in [0.15, 0.2) is 23.4 Å². The highest BCUT2D eigenvalue weighted by Gasteiger charge is 2.21. The maximum atomic E-state index is 13.5. The molecule has 0 bridgehead atoms. The van der Waals surface area contributed by atoms with Gasteiger partial charge in [-0.25, -0.2) is 9.02 Å². The Labute approximate surface area is 134 Å². The molecule has 6 nitrogen and oxygen atoms in total. The maximum absolute atomic E-state index is 13.5. The molecule has 1 unspecified atom stereocenters. The molecule has 2 heterocycles. The molecule has 1 aromatic carbocycles. The zero-order valence-electron chi connectivity index (χ0n) is 12.0. The molecule has 3 rings (SSSR count). The first-order chi connectivity index (χ1) is 11.1. The van der Waals surface area contributed by atoms with Crippen molar-refractivity contribution in [3.8, 4) is 16.3 Å². The summed E-state index contributed by atoms with van der Waals surface area (Å²) in [6.45, 7) is 1.51. The van der Waals surface area contributed by atoms with Crippen molar-refractivity contribution in [1.82, 2.24) is 10.3 Å². The summed E-state index contributed by atoms with van der Waals surface area (Å²) in [6.07, 6.45) is -0.917. The zero-order chi connectivity index (χ0) is 16.2. The molecule has 0 radical (unpaired) electrons. The molecule has 1 atom stereocenters. The van der Waals surface area contributed by atoms with Crippen molar-refractivity contribution in [1.29, 1.82) is 0 Å².